The minimum absolute atomic E-state index is 0.137. The fourth-order valence-electron chi connectivity index (χ4n) is 4.54. The molecule has 0 radical (unpaired) electrons. The van der Waals surface area contributed by atoms with Crippen molar-refractivity contribution in [1.29, 1.82) is 0 Å². The van der Waals surface area contributed by atoms with Crippen LogP contribution in [0.1, 0.15) is 69.4 Å². The molecule has 1 atom stereocenters. The number of hydrogen-bond acceptors (Lipinski definition) is 5. The van der Waals surface area contributed by atoms with E-state index in [1.165, 1.54) is 11.1 Å². The van der Waals surface area contributed by atoms with E-state index in [1.54, 1.807) is 18.2 Å². The molecule has 4 rings (SSSR count). The third-order valence-electron chi connectivity index (χ3n) is 6.57. The molecule has 2 aromatic carbocycles. The number of rotatable bonds is 11. The zero-order valence-corrected chi connectivity index (χ0v) is 22.5. The minimum Gasteiger partial charge on any atom is -0.423 e. The van der Waals surface area contributed by atoms with Gasteiger partial charge < -0.3 is 14.8 Å². The minimum atomic E-state index is -0.385. The second-order valence-electron chi connectivity index (χ2n) is 9.49. The monoisotopic (exact) mass is 533 g/mol. The van der Waals surface area contributed by atoms with E-state index in [0.29, 0.717) is 43.7 Å². The summed E-state index contributed by atoms with van der Waals surface area (Å²) >= 11 is 6.01. The molecule has 1 N–H and O–H groups in total. The molecule has 0 saturated heterocycles. The Morgan fingerprint density at radius 3 is 2.32 bits per heavy atom. The van der Waals surface area contributed by atoms with E-state index in [2.05, 4.69) is 29.3 Å². The van der Waals surface area contributed by atoms with E-state index in [9.17, 15) is 14.4 Å². The predicted molar refractivity (Wildman–Crippen MR) is 146 cm³/mol. The summed E-state index contributed by atoms with van der Waals surface area (Å²) in [5, 5.41) is 3.69. The lowest BCUT2D eigenvalue weighted by molar-refractivity contribution is -0.137. The topological polar surface area (TPSA) is 81.7 Å². The molecule has 0 heterocycles. The van der Waals surface area contributed by atoms with E-state index < -0.39 is 0 Å². The standard InChI is InChI=1S/C31H32ClNO5/c1-3-5-29(34)37-27-14-7-20(17-28(27)38-30(35)6-4-2)15-16-33-31(36)22-10-13-25-23(18-22)19-26(25)21-8-11-24(32)12-9-21/h7-9,11-14,17,26H,3-6,10,15-16,19H2,1-2H3,(H,33,36). The molecule has 7 heteroatoms. The highest BCUT2D eigenvalue weighted by Crippen LogP contribution is 2.48. The van der Waals surface area contributed by atoms with Crippen molar-refractivity contribution in [1.82, 2.24) is 5.32 Å². The lowest BCUT2D eigenvalue weighted by atomic mass is 9.69. The average Bonchev–Trinajstić information content (AvgIpc) is 2.87. The smallest absolute Gasteiger partial charge is 0.311 e. The van der Waals surface area contributed by atoms with Crippen LogP contribution in [0.2, 0.25) is 5.02 Å². The molecule has 2 aromatic rings. The van der Waals surface area contributed by atoms with E-state index in [1.807, 2.05) is 26.0 Å². The molecule has 38 heavy (non-hydrogen) atoms. The maximum atomic E-state index is 12.8. The largest absolute Gasteiger partial charge is 0.423 e. The molecule has 1 fully saturated rings. The molecule has 2 aliphatic carbocycles. The first-order valence-electron chi connectivity index (χ1n) is 13.1. The zero-order valence-electron chi connectivity index (χ0n) is 21.8. The molecule has 1 saturated carbocycles. The number of fused-ring (bicyclic) bond motifs is 1. The van der Waals surface area contributed by atoms with Gasteiger partial charge in [-0.1, -0.05) is 49.7 Å². The third kappa shape index (κ3) is 6.83. The van der Waals surface area contributed by atoms with Gasteiger partial charge in [0.2, 0.25) is 0 Å². The predicted octanol–water partition coefficient (Wildman–Crippen LogP) is 6.38. The Morgan fingerprint density at radius 1 is 0.974 bits per heavy atom. The Hall–Kier alpha value is -3.60. The highest BCUT2D eigenvalue weighted by Gasteiger charge is 2.33. The first kappa shape index (κ1) is 27.4. The lowest BCUT2D eigenvalue weighted by Crippen LogP contribution is -2.28. The van der Waals surface area contributed by atoms with Gasteiger partial charge in [0.1, 0.15) is 0 Å². The quantitative estimate of drug-likeness (QED) is 0.206. The van der Waals surface area contributed by atoms with Gasteiger partial charge in [-0.25, -0.2) is 0 Å². The Labute approximate surface area is 228 Å². The van der Waals surface area contributed by atoms with Gasteiger partial charge >= 0.3 is 11.9 Å². The number of halogens is 1. The van der Waals surface area contributed by atoms with Crippen LogP contribution in [0, 0.1) is 0 Å². The van der Waals surface area contributed by atoms with Crippen molar-refractivity contribution in [2.45, 2.75) is 64.7 Å². The van der Waals surface area contributed by atoms with Crippen molar-refractivity contribution in [2.24, 2.45) is 0 Å². The van der Waals surface area contributed by atoms with E-state index in [-0.39, 0.29) is 42.2 Å². The number of carbonyl (C=O) groups is 3. The Bertz CT molecular complexity index is 1320. The highest BCUT2D eigenvalue weighted by molar-refractivity contribution is 6.30. The lowest BCUT2D eigenvalue weighted by Gasteiger charge is -2.34. The van der Waals surface area contributed by atoms with Gasteiger partial charge in [-0.2, -0.15) is 0 Å². The van der Waals surface area contributed by atoms with Crippen LogP contribution in [0.3, 0.4) is 0 Å². The summed E-state index contributed by atoms with van der Waals surface area (Å²) in [6.07, 6.45) is 5.91. The van der Waals surface area contributed by atoms with Gasteiger partial charge in [-0.3, -0.25) is 14.4 Å². The molecule has 198 valence electrons. The third-order valence-corrected chi connectivity index (χ3v) is 6.82. The van der Waals surface area contributed by atoms with Gasteiger partial charge in [-0.05, 0) is 72.2 Å². The van der Waals surface area contributed by atoms with E-state index in [0.717, 1.165) is 22.6 Å². The number of benzene rings is 2. The van der Waals surface area contributed by atoms with E-state index in [4.69, 9.17) is 21.1 Å². The van der Waals surface area contributed by atoms with E-state index >= 15 is 0 Å². The summed E-state index contributed by atoms with van der Waals surface area (Å²) in [6.45, 7) is 4.18. The molecule has 6 nitrogen and oxygen atoms in total. The summed E-state index contributed by atoms with van der Waals surface area (Å²) in [5.41, 5.74) is 8.35. The SMILES string of the molecule is CCCC(=O)Oc1ccc(CCNC(=O)C2=C=C3CC(c4ccc(Cl)cc4)C3=CC2)cc1OC(=O)CCC. The van der Waals surface area contributed by atoms with Gasteiger partial charge in [0.25, 0.3) is 5.91 Å². The molecular weight excluding hydrogens is 502 g/mol. The van der Waals surface area contributed by atoms with Crippen molar-refractivity contribution in [3.05, 3.63) is 87.1 Å². The normalized spacial score (nSPS) is 15.8. The van der Waals surface area contributed by atoms with Crippen LogP contribution in [-0.2, 0) is 20.8 Å². The number of carbonyl (C=O) groups excluding carboxylic acids is 3. The van der Waals surface area contributed by atoms with Crippen LogP contribution in [0.4, 0.5) is 0 Å². The van der Waals surface area contributed by atoms with Crippen molar-refractivity contribution in [2.75, 3.05) is 6.54 Å². The summed E-state index contributed by atoms with van der Waals surface area (Å²) in [6, 6.07) is 13.0. The Kier molecular flexibility index (Phi) is 9.22. The molecule has 1 unspecified atom stereocenters. The molecule has 0 spiro atoms. The summed E-state index contributed by atoms with van der Waals surface area (Å²) in [4.78, 5) is 36.9. The highest BCUT2D eigenvalue weighted by atomic mass is 35.5. The number of ether oxygens (including phenoxy) is 2. The summed E-state index contributed by atoms with van der Waals surface area (Å²) in [5.74, 6) is -0.122. The maximum absolute atomic E-state index is 12.8. The first-order valence-corrected chi connectivity index (χ1v) is 13.5. The van der Waals surface area contributed by atoms with Crippen LogP contribution in [-0.4, -0.2) is 24.4 Å². The van der Waals surface area contributed by atoms with Crippen molar-refractivity contribution < 1.29 is 23.9 Å². The first-order chi connectivity index (χ1) is 18.4. The second-order valence-corrected chi connectivity index (χ2v) is 9.93. The average molecular weight is 534 g/mol. The van der Waals surface area contributed by atoms with Crippen LogP contribution in [0.25, 0.3) is 0 Å². The van der Waals surface area contributed by atoms with Gasteiger partial charge in [0.05, 0.1) is 5.57 Å². The van der Waals surface area contributed by atoms with Crippen LogP contribution >= 0.6 is 11.6 Å². The summed E-state index contributed by atoms with van der Waals surface area (Å²) in [7, 11) is 0. The van der Waals surface area contributed by atoms with Crippen molar-refractivity contribution in [3.63, 3.8) is 0 Å². The van der Waals surface area contributed by atoms with Gasteiger partial charge in [0.15, 0.2) is 11.5 Å². The zero-order chi connectivity index (χ0) is 27.1. The molecule has 0 aromatic heterocycles. The number of nitrogens with one attached hydrogen (secondary N) is 1. The number of amides is 1. The van der Waals surface area contributed by atoms with Gasteiger partial charge in [-0.15, -0.1) is 5.73 Å². The molecule has 0 aliphatic heterocycles. The van der Waals surface area contributed by atoms with Crippen molar-refractivity contribution >= 4 is 29.4 Å². The Morgan fingerprint density at radius 2 is 1.66 bits per heavy atom. The van der Waals surface area contributed by atoms with Gasteiger partial charge in [0, 0.05) is 36.7 Å². The second kappa shape index (κ2) is 12.8. The summed E-state index contributed by atoms with van der Waals surface area (Å²) < 4.78 is 10.9. The fourth-order valence-corrected chi connectivity index (χ4v) is 4.67. The van der Waals surface area contributed by atoms with Crippen molar-refractivity contribution in [3.8, 4) is 11.5 Å². The molecule has 2 aliphatic rings. The number of allylic oxidation sites excluding steroid dienone is 2. The molecular formula is C31H32ClNO5. The molecule has 1 amide bonds. The van der Waals surface area contributed by atoms with Crippen LogP contribution in [0.5, 0.6) is 11.5 Å². The molecule has 0 bridgehead atoms. The Balaban J connectivity index is 1.35. The van der Waals surface area contributed by atoms with Crippen LogP contribution < -0.4 is 14.8 Å². The maximum Gasteiger partial charge on any atom is 0.311 e. The number of hydrogen-bond donors (Lipinski definition) is 1. The fraction of sp³-hybridized carbons (Fsp3) is 0.355. The number of esters is 2. The van der Waals surface area contributed by atoms with Crippen LogP contribution in [0.15, 0.2) is 71.0 Å².